The second kappa shape index (κ2) is 12.8. The number of benzene rings is 3. The smallest absolute Gasteiger partial charge is 0.338 e. The molecular formula is C36H42O8. The highest BCUT2D eigenvalue weighted by Gasteiger charge is 2.52. The summed E-state index contributed by atoms with van der Waals surface area (Å²) in [7, 11) is 3.26. The predicted molar refractivity (Wildman–Crippen MR) is 166 cm³/mol. The Morgan fingerprint density at radius 1 is 0.818 bits per heavy atom. The number of methoxy groups -OCH3 is 2. The lowest BCUT2D eigenvalue weighted by molar-refractivity contribution is -0.131. The van der Waals surface area contributed by atoms with Crippen LogP contribution in [0, 0.1) is 17.8 Å². The molecule has 0 unspecified atom stereocenters. The van der Waals surface area contributed by atoms with E-state index in [1.807, 2.05) is 12.1 Å². The SMILES string of the molecule is CCOC(=O)c1cc(OC(C)=O)c2cc(-c3ccc(OCOCCOC)c(C45CC6CC(CC(C6)C4)C5)c3)cc(OC)c2c1. The fraction of sp³-hybridized carbons (Fsp3) is 0.500. The highest BCUT2D eigenvalue weighted by molar-refractivity contribution is 6.03. The van der Waals surface area contributed by atoms with Crippen molar-refractivity contribution in [3.8, 4) is 28.4 Å². The molecule has 7 rings (SSSR count). The molecule has 0 radical (unpaired) electrons. The Kier molecular flexibility index (Phi) is 8.83. The minimum absolute atomic E-state index is 0.0883. The summed E-state index contributed by atoms with van der Waals surface area (Å²) >= 11 is 0. The first-order chi connectivity index (χ1) is 21.3. The van der Waals surface area contributed by atoms with E-state index in [-0.39, 0.29) is 24.6 Å². The van der Waals surface area contributed by atoms with Gasteiger partial charge in [0.1, 0.15) is 17.2 Å². The fourth-order valence-corrected chi connectivity index (χ4v) is 8.30. The Bertz CT molecular complexity index is 1510. The summed E-state index contributed by atoms with van der Waals surface area (Å²) in [6, 6.07) is 13.7. The van der Waals surface area contributed by atoms with E-state index in [0.29, 0.717) is 35.3 Å². The van der Waals surface area contributed by atoms with Gasteiger partial charge in [0.2, 0.25) is 0 Å². The van der Waals surface area contributed by atoms with E-state index < -0.39 is 11.9 Å². The normalized spacial score (nSPS) is 23.5. The summed E-state index contributed by atoms with van der Waals surface area (Å²) < 4.78 is 33.8. The second-order valence-electron chi connectivity index (χ2n) is 12.6. The van der Waals surface area contributed by atoms with Gasteiger partial charge in [-0.05, 0) is 116 Å². The maximum Gasteiger partial charge on any atom is 0.338 e. The maximum atomic E-state index is 12.6. The molecule has 3 aromatic carbocycles. The van der Waals surface area contributed by atoms with Crippen molar-refractivity contribution >= 4 is 22.7 Å². The third kappa shape index (κ3) is 6.02. The van der Waals surface area contributed by atoms with Crippen LogP contribution in [0.4, 0.5) is 0 Å². The first kappa shape index (κ1) is 30.4. The molecule has 4 bridgehead atoms. The molecular weight excluding hydrogens is 560 g/mol. The van der Waals surface area contributed by atoms with E-state index in [0.717, 1.165) is 34.6 Å². The molecule has 8 heteroatoms. The van der Waals surface area contributed by atoms with Crippen LogP contribution in [0.1, 0.15) is 68.3 Å². The summed E-state index contributed by atoms with van der Waals surface area (Å²) in [5, 5.41) is 1.33. The van der Waals surface area contributed by atoms with E-state index in [1.54, 1.807) is 33.3 Å². The minimum atomic E-state index is -0.490. The van der Waals surface area contributed by atoms with Gasteiger partial charge in [0.25, 0.3) is 0 Å². The van der Waals surface area contributed by atoms with E-state index in [1.165, 1.54) is 51.0 Å². The van der Waals surface area contributed by atoms with Crippen LogP contribution in [0.2, 0.25) is 0 Å². The quantitative estimate of drug-likeness (QED) is 0.0940. The van der Waals surface area contributed by atoms with Crippen LogP contribution in [0.5, 0.6) is 17.2 Å². The van der Waals surface area contributed by atoms with Gasteiger partial charge in [0.15, 0.2) is 6.79 Å². The van der Waals surface area contributed by atoms with Gasteiger partial charge in [0.05, 0.1) is 32.5 Å². The molecule has 0 aliphatic heterocycles. The van der Waals surface area contributed by atoms with Gasteiger partial charge in [0, 0.05) is 30.4 Å². The van der Waals surface area contributed by atoms with Crippen LogP contribution in [0.15, 0.2) is 42.5 Å². The standard InChI is InChI=1S/C36H42O8/c1-5-42-35(38)28-14-29-30(34(17-28)44-22(2)37)13-27(16-33(29)40-4)26-6-7-32(43-21-41-9-8-39-3)31(15-26)36-18-23-10-24(19-36)12-25(11-23)20-36/h6-7,13-17,23-25H,5,8-12,18-21H2,1-4H3. The van der Waals surface area contributed by atoms with Crippen molar-refractivity contribution in [2.45, 2.75) is 57.8 Å². The molecule has 0 spiro atoms. The fourth-order valence-electron chi connectivity index (χ4n) is 8.30. The molecule has 4 saturated carbocycles. The van der Waals surface area contributed by atoms with Gasteiger partial charge in [-0.3, -0.25) is 4.79 Å². The van der Waals surface area contributed by atoms with Gasteiger partial charge in [-0.25, -0.2) is 4.79 Å². The summed E-state index contributed by atoms with van der Waals surface area (Å²) in [5.74, 6) is 3.09. The van der Waals surface area contributed by atoms with Crippen LogP contribution < -0.4 is 14.2 Å². The first-order valence-corrected chi connectivity index (χ1v) is 15.7. The molecule has 44 heavy (non-hydrogen) atoms. The Balaban J connectivity index is 1.44. The minimum Gasteiger partial charge on any atom is -0.496 e. The third-order valence-corrected chi connectivity index (χ3v) is 9.63. The van der Waals surface area contributed by atoms with E-state index in [4.69, 9.17) is 28.4 Å². The topological polar surface area (TPSA) is 89.5 Å². The van der Waals surface area contributed by atoms with Gasteiger partial charge in [-0.2, -0.15) is 0 Å². The Morgan fingerprint density at radius 3 is 2.16 bits per heavy atom. The number of carbonyl (C=O) groups is 2. The summed E-state index contributed by atoms with van der Waals surface area (Å²) in [6.07, 6.45) is 7.63. The Hall–Kier alpha value is -3.62. The zero-order valence-corrected chi connectivity index (χ0v) is 26.1. The van der Waals surface area contributed by atoms with Crippen LogP contribution >= 0.6 is 0 Å². The average Bonchev–Trinajstić information content (AvgIpc) is 2.99. The van der Waals surface area contributed by atoms with E-state index in [9.17, 15) is 9.59 Å². The molecule has 0 aromatic heterocycles. The molecule has 0 saturated heterocycles. The molecule has 0 heterocycles. The molecule has 0 N–H and O–H groups in total. The lowest BCUT2D eigenvalue weighted by Gasteiger charge is -2.57. The third-order valence-electron chi connectivity index (χ3n) is 9.63. The average molecular weight is 603 g/mol. The van der Waals surface area contributed by atoms with Gasteiger partial charge >= 0.3 is 11.9 Å². The van der Waals surface area contributed by atoms with Crippen molar-refractivity contribution in [3.63, 3.8) is 0 Å². The molecule has 0 atom stereocenters. The molecule has 8 nitrogen and oxygen atoms in total. The lowest BCUT2D eigenvalue weighted by atomic mass is 9.48. The van der Waals surface area contributed by atoms with E-state index >= 15 is 0 Å². The van der Waals surface area contributed by atoms with Crippen molar-refractivity contribution in [1.29, 1.82) is 0 Å². The number of ether oxygens (including phenoxy) is 6. The van der Waals surface area contributed by atoms with Crippen LogP contribution in [0.3, 0.4) is 0 Å². The van der Waals surface area contributed by atoms with Crippen molar-refractivity contribution in [1.82, 2.24) is 0 Å². The van der Waals surface area contributed by atoms with Gasteiger partial charge in [-0.1, -0.05) is 6.07 Å². The van der Waals surface area contributed by atoms with Gasteiger partial charge in [-0.15, -0.1) is 0 Å². The second-order valence-corrected chi connectivity index (χ2v) is 12.6. The first-order valence-electron chi connectivity index (χ1n) is 15.7. The number of hydrogen-bond donors (Lipinski definition) is 0. The molecule has 234 valence electrons. The zero-order chi connectivity index (χ0) is 30.8. The van der Waals surface area contributed by atoms with Crippen molar-refractivity contribution in [3.05, 3.63) is 53.6 Å². The molecule has 4 aliphatic carbocycles. The van der Waals surface area contributed by atoms with E-state index in [2.05, 4.69) is 18.2 Å². The number of rotatable bonds is 12. The highest BCUT2D eigenvalue weighted by atomic mass is 16.7. The van der Waals surface area contributed by atoms with Crippen LogP contribution in [0.25, 0.3) is 21.9 Å². The molecule has 4 aliphatic rings. The largest absolute Gasteiger partial charge is 0.496 e. The van der Waals surface area contributed by atoms with Gasteiger partial charge < -0.3 is 28.4 Å². The molecule has 0 amide bonds. The van der Waals surface area contributed by atoms with Crippen molar-refractivity contribution < 1.29 is 38.0 Å². The highest BCUT2D eigenvalue weighted by Crippen LogP contribution is 2.62. The van der Waals surface area contributed by atoms with Crippen LogP contribution in [-0.4, -0.2) is 52.8 Å². The summed E-state index contributed by atoms with van der Waals surface area (Å²) in [5.41, 5.74) is 3.57. The molecule has 4 fully saturated rings. The number of esters is 2. The summed E-state index contributed by atoms with van der Waals surface area (Å²) in [6.45, 7) is 4.49. The maximum absolute atomic E-state index is 12.6. The van der Waals surface area contributed by atoms with Crippen molar-refractivity contribution in [2.24, 2.45) is 17.8 Å². The van der Waals surface area contributed by atoms with Crippen molar-refractivity contribution in [2.75, 3.05) is 40.8 Å². The Morgan fingerprint density at radius 2 is 1.52 bits per heavy atom. The monoisotopic (exact) mass is 602 g/mol. The zero-order valence-electron chi connectivity index (χ0n) is 26.1. The summed E-state index contributed by atoms with van der Waals surface area (Å²) in [4.78, 5) is 24.7. The molecule has 3 aromatic rings. The number of fused-ring (bicyclic) bond motifs is 1. The lowest BCUT2D eigenvalue weighted by Crippen LogP contribution is -2.48. The predicted octanol–water partition coefficient (Wildman–Crippen LogP) is 7.08. The number of carbonyl (C=O) groups excluding carboxylic acids is 2. The Labute approximate surface area is 258 Å². The number of hydrogen-bond acceptors (Lipinski definition) is 8. The van der Waals surface area contributed by atoms with Crippen LogP contribution in [-0.2, 0) is 24.4 Å².